The number of H-pyrrole nitrogens is 3. The number of piperazine rings is 3. The first-order chi connectivity index (χ1) is 58.4. The number of hydrogen-bond donors (Lipinski definition) is 3. The van der Waals surface area contributed by atoms with Gasteiger partial charge in [-0.15, -0.1) is 5.10 Å². The summed E-state index contributed by atoms with van der Waals surface area (Å²) in [7, 11) is 0. The van der Waals surface area contributed by atoms with Crippen LogP contribution in [0.1, 0.15) is 110 Å². The molecule has 120 heavy (non-hydrogen) atoms. The zero-order valence-corrected chi connectivity index (χ0v) is 68.9. The van der Waals surface area contributed by atoms with E-state index in [-0.39, 0.29) is 0 Å². The summed E-state index contributed by atoms with van der Waals surface area (Å²) in [6, 6.07) is 54.9. The SMILES string of the molecule is Cc1cc(Cc2cc(C)[nH]n2)nc(-c2ccc(N3CC4CC(C3)N4Cc3ccc(-n4cc(Cl)cn4)cc3)nc2)n1.Cc1cc(Cc2cc(C)[nH]n2)nc(-c2ccc(N3CC4CC(C3)N4Cc3ccc(-n4ccc(F)n4)cc3)nc2)n1.Cc1cnn(-c2ccc(CN3C4CC3CN(c3ccc(-c5nc(C)cc(Cc6cc(C)[nH]n6)n5)cn3)C4)cc2)c1. The van der Waals surface area contributed by atoms with Crippen molar-refractivity contribution in [3.63, 3.8) is 0 Å². The molecule has 6 bridgehead atoms. The Balaban J connectivity index is 0.000000119. The smallest absolute Gasteiger partial charge is 0.233 e. The van der Waals surface area contributed by atoms with E-state index in [0.717, 1.165) is 178 Å². The molecule has 9 saturated heterocycles. The molecular formula is C91H93ClFN27. The molecule has 24 rings (SSSR count). The molecule has 21 heterocycles. The molecule has 12 aromatic heterocycles. The molecule has 9 aliphatic rings. The van der Waals surface area contributed by atoms with Gasteiger partial charge < -0.3 is 14.7 Å². The van der Waals surface area contributed by atoms with E-state index in [9.17, 15) is 4.39 Å². The molecule has 3 N–H and O–H groups in total. The highest BCUT2D eigenvalue weighted by Crippen LogP contribution is 2.40. The van der Waals surface area contributed by atoms with Gasteiger partial charge in [0.2, 0.25) is 5.95 Å². The maximum Gasteiger partial charge on any atom is 0.233 e. The Hall–Kier alpha value is -12.9. The second kappa shape index (κ2) is 33.1. The molecule has 0 radical (unpaired) electrons. The Morgan fingerprint density at radius 1 is 0.367 bits per heavy atom. The van der Waals surface area contributed by atoms with E-state index in [4.69, 9.17) is 41.5 Å². The topological polar surface area (TPSA) is 275 Å². The molecule has 0 saturated carbocycles. The van der Waals surface area contributed by atoms with E-state index in [0.29, 0.717) is 78.0 Å². The van der Waals surface area contributed by atoms with Crippen molar-refractivity contribution in [2.45, 2.75) is 143 Å². The summed E-state index contributed by atoms with van der Waals surface area (Å²) in [4.78, 5) is 58.0. The van der Waals surface area contributed by atoms with Crippen molar-refractivity contribution in [1.29, 1.82) is 0 Å². The first-order valence-electron chi connectivity index (χ1n) is 41.1. The summed E-state index contributed by atoms with van der Waals surface area (Å²) in [5.41, 5.74) is 22.6. The highest BCUT2D eigenvalue weighted by molar-refractivity contribution is 6.30. The van der Waals surface area contributed by atoms with Crippen LogP contribution in [-0.4, -0.2) is 195 Å². The molecule has 6 atom stereocenters. The van der Waals surface area contributed by atoms with E-state index in [2.05, 4.69) is 206 Å². The summed E-state index contributed by atoms with van der Waals surface area (Å²) in [5.74, 6) is 4.67. The molecular weight excluding hydrogens is 1530 g/mol. The second-order valence-electron chi connectivity index (χ2n) is 32.9. The number of aromatic amines is 3. The van der Waals surface area contributed by atoms with E-state index in [1.165, 1.54) is 47.6 Å². The highest BCUT2D eigenvalue weighted by atomic mass is 35.5. The standard InChI is InChI=1S/C31H33N9.C30H30ClN9.C30H30FN9/c1-20-14-33-40(16-20)27-7-4-23(5-8-27)17-39-28-13-29(39)19-38(18-28)30-9-6-24(15-32-30)31-34-21(2)10-25(35-31)12-26-11-22(3)36-37-26;1-19-9-24(11-25-10-20(2)36-37-25)35-30(34-19)22-5-8-29(32-13-22)38-17-27-12-28(18-38)39(27)15-21-3-6-26(7-4-21)40-16-23(31)14-33-40;1-19-11-23(13-24-12-20(2)35-36-24)34-30(33-19)22-5-8-29(32-15-22)38-17-26-14-27(18-38)39(26)16-21-3-6-25(7-4-21)40-10-9-28(31)37-40/h4-11,14-16,28-29H,12-13,17-19H2,1-3H3,(H,36,37);3-10,13-14,16,27-28H,11-12,15,17-18H2,1-2H3,(H,36,37);3-12,15,26-27H,13-14,16-18H2,1-2H3,(H,35,36). The second-order valence-corrected chi connectivity index (χ2v) is 33.3. The van der Waals surface area contributed by atoms with Gasteiger partial charge in [-0.05, 0) is 199 Å². The van der Waals surface area contributed by atoms with Gasteiger partial charge in [-0.1, -0.05) is 48.0 Å². The van der Waals surface area contributed by atoms with Gasteiger partial charge in [0.05, 0.1) is 68.6 Å². The van der Waals surface area contributed by atoms with Gasteiger partial charge in [-0.25, -0.2) is 58.9 Å². The largest absolute Gasteiger partial charge is 0.353 e. The van der Waals surface area contributed by atoms with Crippen LogP contribution in [0.2, 0.25) is 5.02 Å². The van der Waals surface area contributed by atoms with Crippen LogP contribution >= 0.6 is 11.6 Å². The van der Waals surface area contributed by atoms with Gasteiger partial charge in [-0.3, -0.25) is 30.0 Å². The van der Waals surface area contributed by atoms with Crippen LogP contribution in [0.25, 0.3) is 51.2 Å². The summed E-state index contributed by atoms with van der Waals surface area (Å²) in [5, 5.41) is 35.2. The lowest BCUT2D eigenvalue weighted by atomic mass is 9.86. The third-order valence-electron chi connectivity index (χ3n) is 23.6. The fourth-order valence-electron chi connectivity index (χ4n) is 17.7. The van der Waals surface area contributed by atoms with E-state index < -0.39 is 5.95 Å². The number of rotatable bonds is 21. The van der Waals surface area contributed by atoms with E-state index >= 15 is 0 Å². The molecule has 9 aliphatic heterocycles. The number of piperidine rings is 3. The molecule has 3 aromatic carbocycles. The normalized spacial score (nSPS) is 18.6. The number of nitrogens with zero attached hydrogens (tertiary/aromatic N) is 24. The molecule has 0 aliphatic carbocycles. The van der Waals surface area contributed by atoms with Crippen LogP contribution in [0.3, 0.4) is 0 Å². The summed E-state index contributed by atoms with van der Waals surface area (Å²) in [6.07, 6.45) is 20.5. The number of aromatic nitrogens is 21. The number of halogens is 2. The molecule has 0 spiro atoms. The Morgan fingerprint density at radius 2 is 0.708 bits per heavy atom. The van der Waals surface area contributed by atoms with Crippen LogP contribution in [0, 0.1) is 54.4 Å². The maximum atomic E-state index is 13.2. The number of fused-ring (bicyclic) bond motifs is 6. The van der Waals surface area contributed by atoms with Crippen molar-refractivity contribution < 1.29 is 4.39 Å². The van der Waals surface area contributed by atoms with Gasteiger partial charge in [0.15, 0.2) is 17.5 Å². The lowest BCUT2D eigenvalue weighted by Gasteiger charge is -2.56. The molecule has 29 heteroatoms. The molecule has 0 amide bonds. The minimum absolute atomic E-state index is 0.472. The average Bonchev–Trinajstić information content (AvgIpc) is 0.975. The van der Waals surface area contributed by atoms with Crippen LogP contribution in [0.4, 0.5) is 21.8 Å². The molecule has 15 aromatic rings. The Bertz CT molecular complexity index is 5470. The van der Waals surface area contributed by atoms with Crippen LogP contribution in [-0.2, 0) is 38.9 Å². The number of benzene rings is 3. The Morgan fingerprint density at radius 3 is 0.992 bits per heavy atom. The van der Waals surface area contributed by atoms with E-state index in [1.54, 1.807) is 21.8 Å². The molecule has 606 valence electrons. The first kappa shape index (κ1) is 77.0. The van der Waals surface area contributed by atoms with Crippen molar-refractivity contribution in [2.75, 3.05) is 54.0 Å². The fraction of sp³-hybridized carbons (Fsp3) is 0.308. The highest BCUT2D eigenvalue weighted by Gasteiger charge is 2.47. The molecule has 27 nitrogen and oxygen atoms in total. The lowest BCUT2D eigenvalue weighted by Crippen LogP contribution is -2.68. The lowest BCUT2D eigenvalue weighted by molar-refractivity contribution is -0.00870. The minimum Gasteiger partial charge on any atom is -0.353 e. The number of aryl methyl sites for hydroxylation is 7. The summed E-state index contributed by atoms with van der Waals surface area (Å²) in [6.45, 7) is 22.8. The van der Waals surface area contributed by atoms with Gasteiger partial charge >= 0.3 is 0 Å². The van der Waals surface area contributed by atoms with Gasteiger partial charge in [0.1, 0.15) is 17.5 Å². The number of anilines is 3. The fourth-order valence-corrected chi connectivity index (χ4v) is 17.8. The van der Waals surface area contributed by atoms with Gasteiger partial charge in [-0.2, -0.15) is 29.9 Å². The van der Waals surface area contributed by atoms with Crippen molar-refractivity contribution in [1.82, 2.24) is 119 Å². The zero-order valence-electron chi connectivity index (χ0n) is 68.1. The number of hydrogen-bond acceptors (Lipinski definition) is 21. The number of pyridine rings is 3. The quantitative estimate of drug-likeness (QED) is 0.0603. The summed E-state index contributed by atoms with van der Waals surface area (Å²) < 4.78 is 18.5. The number of nitrogens with one attached hydrogen (secondary N) is 3. The Labute approximate surface area is 699 Å². The summed E-state index contributed by atoms with van der Waals surface area (Å²) >= 11 is 6.01. The molecule has 6 unspecified atom stereocenters. The maximum absolute atomic E-state index is 13.2. The van der Waals surface area contributed by atoms with Crippen LogP contribution in [0.5, 0.6) is 0 Å². The predicted molar refractivity (Wildman–Crippen MR) is 459 cm³/mol. The Kier molecular flexibility index (Phi) is 21.3. The monoisotopic (exact) mass is 1620 g/mol. The molecule has 9 fully saturated rings. The third-order valence-corrected chi connectivity index (χ3v) is 23.8. The van der Waals surface area contributed by atoms with Crippen molar-refractivity contribution in [3.05, 3.63) is 303 Å². The van der Waals surface area contributed by atoms with E-state index in [1.807, 2.05) is 120 Å². The predicted octanol–water partition coefficient (Wildman–Crippen LogP) is 13.5. The average molecular weight is 1620 g/mol. The van der Waals surface area contributed by atoms with Gasteiger partial charge in [0, 0.05) is 209 Å². The van der Waals surface area contributed by atoms with Crippen molar-refractivity contribution in [2.24, 2.45) is 0 Å². The van der Waals surface area contributed by atoms with Gasteiger partial charge in [0.25, 0.3) is 0 Å². The third kappa shape index (κ3) is 17.2. The van der Waals surface area contributed by atoms with Crippen molar-refractivity contribution >= 4 is 29.1 Å². The first-order valence-corrected chi connectivity index (χ1v) is 41.5. The zero-order chi connectivity index (χ0) is 81.6. The van der Waals surface area contributed by atoms with Crippen LogP contribution in [0.15, 0.2) is 201 Å². The van der Waals surface area contributed by atoms with Crippen molar-refractivity contribution in [3.8, 4) is 51.2 Å². The minimum atomic E-state index is -0.472. The van der Waals surface area contributed by atoms with Crippen LogP contribution < -0.4 is 14.7 Å².